The number of rotatable bonds is 4. The second-order valence-electron chi connectivity index (χ2n) is 8.91. The van der Waals surface area contributed by atoms with Crippen LogP contribution in [-0.2, 0) is 0 Å². The molecule has 0 atom stereocenters. The molecule has 164 valence electrons. The van der Waals surface area contributed by atoms with Crippen molar-refractivity contribution < 1.29 is 9.13 Å². The van der Waals surface area contributed by atoms with Gasteiger partial charge in [0, 0.05) is 17.1 Å². The van der Waals surface area contributed by atoms with Crippen molar-refractivity contribution in [1.29, 1.82) is 5.26 Å². The first-order valence-electron chi connectivity index (χ1n) is 11.3. The average molecular weight is 439 g/mol. The minimum atomic E-state index is -0.642. The molecule has 2 aromatic carbocycles. The first kappa shape index (κ1) is 20.0. The molecule has 2 aliphatic rings. The van der Waals surface area contributed by atoms with Gasteiger partial charge in [0.05, 0.1) is 33.8 Å². The number of hydrogen-bond donors (Lipinski definition) is 0. The van der Waals surface area contributed by atoms with Crippen LogP contribution in [0.15, 0.2) is 48.7 Å². The molecular formula is C26H22FN5O. The van der Waals surface area contributed by atoms with Crippen molar-refractivity contribution >= 4 is 21.7 Å². The van der Waals surface area contributed by atoms with Crippen LogP contribution in [0.5, 0.6) is 6.01 Å². The molecule has 2 fully saturated rings. The minimum Gasteiger partial charge on any atom is -0.461 e. The largest absolute Gasteiger partial charge is 0.461 e. The van der Waals surface area contributed by atoms with E-state index in [-0.39, 0.29) is 16.9 Å². The summed E-state index contributed by atoms with van der Waals surface area (Å²) in [5.74, 6) is -0.642. The molecule has 0 radical (unpaired) electrons. The van der Waals surface area contributed by atoms with Crippen LogP contribution in [0.3, 0.4) is 0 Å². The van der Waals surface area contributed by atoms with Crippen LogP contribution in [0.1, 0.15) is 31.2 Å². The van der Waals surface area contributed by atoms with Gasteiger partial charge < -0.3 is 4.74 Å². The monoisotopic (exact) mass is 439 g/mol. The van der Waals surface area contributed by atoms with Crippen molar-refractivity contribution in [2.75, 3.05) is 19.7 Å². The van der Waals surface area contributed by atoms with Gasteiger partial charge in [-0.3, -0.25) is 9.88 Å². The van der Waals surface area contributed by atoms with Gasteiger partial charge in [0.1, 0.15) is 6.61 Å². The van der Waals surface area contributed by atoms with Crippen molar-refractivity contribution in [1.82, 2.24) is 19.9 Å². The topological polar surface area (TPSA) is 74.9 Å². The van der Waals surface area contributed by atoms with E-state index in [9.17, 15) is 9.65 Å². The SMILES string of the molecule is N#Cc1cccc2cccc(-c3cc4nc(OCC56CCCN5CCC6)nc(F)c4cn3)c12. The number of fused-ring (bicyclic) bond motifs is 3. The first-order chi connectivity index (χ1) is 16.2. The number of ether oxygens (including phenoxy) is 1. The Bertz CT molecular complexity index is 1410. The fourth-order valence-corrected chi connectivity index (χ4v) is 5.49. The number of aromatic nitrogens is 3. The first-order valence-corrected chi connectivity index (χ1v) is 11.3. The molecule has 2 aromatic heterocycles. The number of halogens is 1. The van der Waals surface area contributed by atoms with E-state index in [1.165, 1.54) is 19.0 Å². The molecule has 7 heteroatoms. The Kier molecular flexibility index (Phi) is 4.70. The molecule has 6 rings (SSSR count). The van der Waals surface area contributed by atoms with Crippen molar-refractivity contribution in [2.45, 2.75) is 31.2 Å². The summed E-state index contributed by atoms with van der Waals surface area (Å²) in [6.07, 6.45) is 5.98. The van der Waals surface area contributed by atoms with E-state index in [0.717, 1.165) is 42.3 Å². The summed E-state index contributed by atoms with van der Waals surface area (Å²) in [5.41, 5.74) is 2.46. The van der Waals surface area contributed by atoms with Gasteiger partial charge in [-0.05, 0) is 56.3 Å². The van der Waals surface area contributed by atoms with Crippen LogP contribution in [0.2, 0.25) is 0 Å². The van der Waals surface area contributed by atoms with E-state index < -0.39 is 5.95 Å². The van der Waals surface area contributed by atoms with Crippen LogP contribution in [-0.4, -0.2) is 45.1 Å². The quantitative estimate of drug-likeness (QED) is 0.423. The van der Waals surface area contributed by atoms with Crippen LogP contribution in [0.25, 0.3) is 32.9 Å². The standard InChI is InChI=1S/C26H22FN5O/c27-24-20-15-29-21(19-8-2-6-17-5-1-7-18(14-28)23(17)19)13-22(20)30-25(31-24)33-16-26-9-3-11-32(26)12-4-10-26/h1-2,5-8,13,15H,3-4,9-12,16H2. The highest BCUT2D eigenvalue weighted by molar-refractivity contribution is 6.00. The predicted octanol–water partition coefficient (Wildman–Crippen LogP) is 4.86. The maximum Gasteiger partial charge on any atom is 0.319 e. The molecule has 0 spiro atoms. The van der Waals surface area contributed by atoms with Gasteiger partial charge in [-0.15, -0.1) is 0 Å². The summed E-state index contributed by atoms with van der Waals surface area (Å²) in [5, 5.41) is 11.6. The van der Waals surface area contributed by atoms with Gasteiger partial charge in [0.2, 0.25) is 5.95 Å². The molecule has 4 aromatic rings. The molecule has 0 N–H and O–H groups in total. The summed E-state index contributed by atoms with van der Waals surface area (Å²) >= 11 is 0. The summed E-state index contributed by atoms with van der Waals surface area (Å²) in [6, 6.07) is 15.5. The van der Waals surface area contributed by atoms with Gasteiger partial charge in [0.25, 0.3) is 0 Å². The number of nitrogens with zero attached hydrogens (tertiary/aromatic N) is 5. The number of hydrogen-bond acceptors (Lipinski definition) is 6. The second kappa shape index (κ2) is 7.75. The van der Waals surface area contributed by atoms with E-state index in [1.807, 2.05) is 30.3 Å². The van der Waals surface area contributed by atoms with Gasteiger partial charge in [-0.25, -0.2) is 0 Å². The van der Waals surface area contributed by atoms with Crippen LogP contribution >= 0.6 is 0 Å². The molecule has 0 amide bonds. The summed E-state index contributed by atoms with van der Waals surface area (Å²) in [7, 11) is 0. The Hall–Kier alpha value is -3.63. The van der Waals surface area contributed by atoms with E-state index in [1.54, 1.807) is 12.1 Å². The zero-order valence-corrected chi connectivity index (χ0v) is 18.1. The Morgan fingerprint density at radius 1 is 1.09 bits per heavy atom. The third-order valence-electron chi connectivity index (χ3n) is 7.10. The highest BCUT2D eigenvalue weighted by atomic mass is 19.1. The highest BCUT2D eigenvalue weighted by Crippen LogP contribution is 2.39. The molecule has 33 heavy (non-hydrogen) atoms. The van der Waals surface area contributed by atoms with E-state index in [2.05, 4.69) is 25.9 Å². The van der Waals surface area contributed by atoms with Crippen molar-refractivity contribution in [3.63, 3.8) is 0 Å². The zero-order chi connectivity index (χ0) is 22.4. The summed E-state index contributed by atoms with van der Waals surface area (Å²) < 4.78 is 20.8. The molecule has 0 aliphatic carbocycles. The molecular weight excluding hydrogens is 417 g/mol. The lowest BCUT2D eigenvalue weighted by molar-refractivity contribution is 0.107. The lowest BCUT2D eigenvalue weighted by Gasteiger charge is -2.31. The highest BCUT2D eigenvalue weighted by Gasteiger charge is 2.45. The van der Waals surface area contributed by atoms with Crippen LogP contribution in [0, 0.1) is 17.3 Å². The van der Waals surface area contributed by atoms with E-state index >= 15 is 0 Å². The van der Waals surface area contributed by atoms with Gasteiger partial charge in [-0.1, -0.05) is 30.3 Å². The summed E-state index contributed by atoms with van der Waals surface area (Å²) in [6.45, 7) is 2.67. The fraction of sp³-hybridized carbons (Fsp3) is 0.308. The average Bonchev–Trinajstić information content (AvgIpc) is 3.42. The third-order valence-corrected chi connectivity index (χ3v) is 7.10. The Morgan fingerprint density at radius 3 is 2.67 bits per heavy atom. The number of benzene rings is 2. The van der Waals surface area contributed by atoms with Gasteiger partial charge in [0.15, 0.2) is 0 Å². The normalized spacial score (nSPS) is 17.3. The maximum absolute atomic E-state index is 14.8. The van der Waals surface area contributed by atoms with Crippen LogP contribution in [0.4, 0.5) is 4.39 Å². The molecule has 0 unspecified atom stereocenters. The third kappa shape index (κ3) is 3.30. The van der Waals surface area contributed by atoms with Crippen molar-refractivity contribution in [2.24, 2.45) is 0 Å². The minimum absolute atomic E-state index is 0.0366. The fourth-order valence-electron chi connectivity index (χ4n) is 5.49. The Balaban J connectivity index is 1.39. The summed E-state index contributed by atoms with van der Waals surface area (Å²) in [4.78, 5) is 15.4. The lowest BCUT2D eigenvalue weighted by Crippen LogP contribution is -2.43. The molecule has 0 bridgehead atoms. The van der Waals surface area contributed by atoms with Crippen LogP contribution < -0.4 is 4.74 Å². The van der Waals surface area contributed by atoms with E-state index in [4.69, 9.17) is 4.74 Å². The van der Waals surface area contributed by atoms with Gasteiger partial charge >= 0.3 is 6.01 Å². The second-order valence-corrected chi connectivity index (χ2v) is 8.91. The maximum atomic E-state index is 14.8. The molecule has 4 heterocycles. The van der Waals surface area contributed by atoms with E-state index in [0.29, 0.717) is 23.4 Å². The molecule has 2 saturated heterocycles. The smallest absolute Gasteiger partial charge is 0.319 e. The van der Waals surface area contributed by atoms with Crippen molar-refractivity contribution in [3.8, 4) is 23.3 Å². The lowest BCUT2D eigenvalue weighted by atomic mass is 9.95. The Labute approximate surface area is 190 Å². The zero-order valence-electron chi connectivity index (χ0n) is 18.1. The van der Waals surface area contributed by atoms with Crippen molar-refractivity contribution in [3.05, 3.63) is 60.2 Å². The Morgan fingerprint density at radius 2 is 1.88 bits per heavy atom. The molecule has 6 nitrogen and oxygen atoms in total. The predicted molar refractivity (Wildman–Crippen MR) is 123 cm³/mol. The van der Waals surface area contributed by atoms with Gasteiger partial charge in [-0.2, -0.15) is 19.6 Å². The number of pyridine rings is 1. The molecule has 2 aliphatic heterocycles. The number of nitriles is 1. The molecule has 0 saturated carbocycles.